The van der Waals surface area contributed by atoms with Crippen LogP contribution < -0.4 is 5.73 Å². The van der Waals surface area contributed by atoms with Crippen molar-refractivity contribution in [3.63, 3.8) is 0 Å². The molecule has 0 fully saturated rings. The maximum absolute atomic E-state index is 12.3. The summed E-state index contributed by atoms with van der Waals surface area (Å²) in [7, 11) is -3.97. The first-order chi connectivity index (χ1) is 8.76. The van der Waals surface area contributed by atoms with E-state index >= 15 is 0 Å². The molecule has 0 radical (unpaired) electrons. The first-order valence-corrected chi connectivity index (χ1v) is 8.25. The lowest BCUT2D eigenvalue weighted by Gasteiger charge is -2.17. The molecule has 7 heteroatoms. The van der Waals surface area contributed by atoms with Crippen molar-refractivity contribution in [2.45, 2.75) is 7.46 Å². The standard InChI is InChI=1S/C12H9Br2NO3S/c13-12(14,11(15)16)19(17,18)10-6-5-8-3-1-2-4-9(8)7-10/h1-7H,(H2,15,16). The van der Waals surface area contributed by atoms with Crippen LogP contribution in [0.25, 0.3) is 10.8 Å². The number of sulfone groups is 1. The van der Waals surface area contributed by atoms with Crippen LogP contribution >= 0.6 is 31.9 Å². The van der Waals surface area contributed by atoms with Gasteiger partial charge in [0.05, 0.1) is 4.90 Å². The summed E-state index contributed by atoms with van der Waals surface area (Å²) in [5.41, 5.74) is 5.09. The number of alkyl halides is 2. The Balaban J connectivity index is 2.65. The molecule has 0 aliphatic rings. The van der Waals surface area contributed by atoms with Gasteiger partial charge < -0.3 is 5.73 Å². The number of rotatable bonds is 3. The molecule has 2 N–H and O–H groups in total. The number of nitrogens with two attached hydrogens (primary N) is 1. The predicted octanol–water partition coefficient (Wildman–Crippen LogP) is 2.54. The second-order valence-electron chi connectivity index (χ2n) is 3.89. The molecule has 0 bridgehead atoms. The number of hydrogen-bond acceptors (Lipinski definition) is 3. The zero-order chi connectivity index (χ0) is 14.3. The highest BCUT2D eigenvalue weighted by Gasteiger charge is 2.45. The molecule has 2 aromatic carbocycles. The Bertz CT molecular complexity index is 756. The molecular weight excluding hydrogens is 398 g/mol. The molecular formula is C12H9Br2NO3S. The van der Waals surface area contributed by atoms with Gasteiger partial charge in [-0.2, -0.15) is 0 Å². The summed E-state index contributed by atoms with van der Waals surface area (Å²) in [6.07, 6.45) is 0. The van der Waals surface area contributed by atoms with Crippen molar-refractivity contribution in [2.24, 2.45) is 5.73 Å². The van der Waals surface area contributed by atoms with Gasteiger partial charge in [0, 0.05) is 0 Å². The van der Waals surface area contributed by atoms with Gasteiger partial charge in [0.15, 0.2) is 0 Å². The lowest BCUT2D eigenvalue weighted by molar-refractivity contribution is -0.116. The van der Waals surface area contributed by atoms with Gasteiger partial charge in [0.1, 0.15) is 0 Å². The Hall–Kier alpha value is -0.920. The first-order valence-electron chi connectivity index (χ1n) is 5.18. The lowest BCUT2D eigenvalue weighted by Crippen LogP contribution is -2.39. The zero-order valence-corrected chi connectivity index (χ0v) is 13.5. The van der Waals surface area contributed by atoms with Gasteiger partial charge in [-0.05, 0) is 54.8 Å². The Labute approximate surface area is 127 Å². The van der Waals surface area contributed by atoms with Gasteiger partial charge in [0.2, 0.25) is 9.84 Å². The van der Waals surface area contributed by atoms with Gasteiger partial charge >= 0.3 is 0 Å². The van der Waals surface area contributed by atoms with E-state index in [0.717, 1.165) is 10.8 Å². The van der Waals surface area contributed by atoms with Crippen LogP contribution in [0.1, 0.15) is 0 Å². The zero-order valence-electron chi connectivity index (χ0n) is 9.51. The van der Waals surface area contributed by atoms with Crippen molar-refractivity contribution >= 4 is 58.4 Å². The highest BCUT2D eigenvalue weighted by Crippen LogP contribution is 2.38. The minimum atomic E-state index is -3.97. The SMILES string of the molecule is NC(=O)C(Br)(Br)S(=O)(=O)c1ccc2ccccc2c1. The monoisotopic (exact) mass is 405 g/mol. The predicted molar refractivity (Wildman–Crippen MR) is 80.9 cm³/mol. The number of carbonyl (C=O) groups excluding carboxylic acids is 1. The van der Waals surface area contributed by atoms with E-state index in [9.17, 15) is 13.2 Å². The molecule has 0 heterocycles. The highest BCUT2D eigenvalue weighted by molar-refractivity contribution is 9.28. The van der Waals surface area contributed by atoms with E-state index in [4.69, 9.17) is 5.73 Å². The van der Waals surface area contributed by atoms with Crippen molar-refractivity contribution in [1.82, 2.24) is 0 Å². The van der Waals surface area contributed by atoms with Gasteiger partial charge in [0.25, 0.3) is 8.47 Å². The molecule has 2 rings (SSSR count). The third-order valence-electron chi connectivity index (χ3n) is 2.66. The topological polar surface area (TPSA) is 77.2 Å². The van der Waals surface area contributed by atoms with Gasteiger partial charge in [-0.15, -0.1) is 0 Å². The van der Waals surface area contributed by atoms with E-state index in [-0.39, 0.29) is 4.90 Å². The summed E-state index contributed by atoms with van der Waals surface area (Å²) < 4.78 is 22.7. The number of fused-ring (bicyclic) bond motifs is 1. The molecule has 0 saturated carbocycles. The van der Waals surface area contributed by atoms with Crippen molar-refractivity contribution < 1.29 is 13.2 Å². The Morgan fingerprint density at radius 1 is 1.05 bits per heavy atom. The maximum atomic E-state index is 12.3. The van der Waals surface area contributed by atoms with Crippen LogP contribution in [0.15, 0.2) is 47.4 Å². The fourth-order valence-electron chi connectivity index (χ4n) is 1.62. The van der Waals surface area contributed by atoms with Crippen molar-refractivity contribution in [3.8, 4) is 0 Å². The molecule has 0 atom stereocenters. The molecule has 1 amide bonds. The van der Waals surface area contributed by atoms with Crippen LogP contribution in [-0.4, -0.2) is 16.9 Å². The summed E-state index contributed by atoms with van der Waals surface area (Å²) in [6.45, 7) is 0. The summed E-state index contributed by atoms with van der Waals surface area (Å²) >= 11 is 5.65. The number of carbonyl (C=O) groups is 1. The molecule has 0 unspecified atom stereocenters. The first kappa shape index (κ1) is 14.5. The lowest BCUT2D eigenvalue weighted by atomic mass is 10.1. The molecule has 2 aromatic rings. The van der Waals surface area contributed by atoms with Crippen LogP contribution in [-0.2, 0) is 14.6 Å². The largest absolute Gasteiger partial charge is 0.367 e. The van der Waals surface area contributed by atoms with E-state index in [1.165, 1.54) is 12.1 Å². The minimum absolute atomic E-state index is 0.0127. The molecule has 0 aliphatic carbocycles. The van der Waals surface area contributed by atoms with E-state index in [2.05, 4.69) is 31.9 Å². The summed E-state index contributed by atoms with van der Waals surface area (Å²) in [6, 6.07) is 12.0. The van der Waals surface area contributed by atoms with E-state index in [1.807, 2.05) is 18.2 Å². The Kier molecular flexibility index (Phi) is 3.72. The molecule has 0 saturated heterocycles. The second kappa shape index (κ2) is 4.88. The van der Waals surface area contributed by atoms with E-state index < -0.39 is 18.3 Å². The number of benzene rings is 2. The van der Waals surface area contributed by atoms with Crippen molar-refractivity contribution in [1.29, 1.82) is 0 Å². The molecule has 100 valence electrons. The fourth-order valence-corrected chi connectivity index (χ4v) is 3.83. The van der Waals surface area contributed by atoms with Crippen LogP contribution in [0, 0.1) is 0 Å². The van der Waals surface area contributed by atoms with Crippen LogP contribution in [0.2, 0.25) is 0 Å². The number of amides is 1. The van der Waals surface area contributed by atoms with E-state index in [1.54, 1.807) is 12.1 Å². The normalized spacial score (nSPS) is 12.5. The van der Waals surface area contributed by atoms with Gasteiger partial charge in [-0.25, -0.2) is 8.42 Å². The molecule has 19 heavy (non-hydrogen) atoms. The van der Waals surface area contributed by atoms with Crippen LogP contribution in [0.4, 0.5) is 0 Å². The molecule has 0 aliphatic heterocycles. The summed E-state index contributed by atoms with van der Waals surface area (Å²) in [5, 5.41) is 1.68. The number of primary amides is 1. The third kappa shape index (κ3) is 2.42. The van der Waals surface area contributed by atoms with Crippen LogP contribution in [0.3, 0.4) is 0 Å². The smallest absolute Gasteiger partial charge is 0.262 e. The van der Waals surface area contributed by atoms with Gasteiger partial charge in [-0.3, -0.25) is 4.79 Å². The molecule has 4 nitrogen and oxygen atoms in total. The average molecular weight is 407 g/mol. The van der Waals surface area contributed by atoms with Gasteiger partial charge in [-0.1, -0.05) is 30.3 Å². The number of hydrogen-bond donors (Lipinski definition) is 1. The number of halogens is 2. The minimum Gasteiger partial charge on any atom is -0.367 e. The van der Waals surface area contributed by atoms with Crippen LogP contribution in [0.5, 0.6) is 0 Å². The third-order valence-corrected chi connectivity index (χ3v) is 7.75. The average Bonchev–Trinajstić information content (AvgIpc) is 2.37. The molecule has 0 spiro atoms. The fraction of sp³-hybridized carbons (Fsp3) is 0.0833. The Morgan fingerprint density at radius 3 is 2.21 bits per heavy atom. The summed E-state index contributed by atoms with van der Waals surface area (Å²) in [5.74, 6) is -1.03. The summed E-state index contributed by atoms with van der Waals surface area (Å²) in [4.78, 5) is 11.3. The van der Waals surface area contributed by atoms with Crippen molar-refractivity contribution in [3.05, 3.63) is 42.5 Å². The highest BCUT2D eigenvalue weighted by atomic mass is 79.9. The van der Waals surface area contributed by atoms with E-state index in [0.29, 0.717) is 0 Å². The Morgan fingerprint density at radius 2 is 1.63 bits per heavy atom. The quantitative estimate of drug-likeness (QED) is 0.795. The maximum Gasteiger partial charge on any atom is 0.262 e. The molecule has 0 aromatic heterocycles. The van der Waals surface area contributed by atoms with Crippen molar-refractivity contribution in [2.75, 3.05) is 0 Å². The second-order valence-corrected chi connectivity index (χ2v) is 10.5.